The van der Waals surface area contributed by atoms with Gasteiger partial charge in [-0.2, -0.15) is 0 Å². The molecule has 2 N–H and O–H groups in total. The molecule has 0 aliphatic carbocycles. The number of nitrogen functional groups attached to an aromatic ring is 1. The van der Waals surface area contributed by atoms with Crippen molar-refractivity contribution in [2.75, 3.05) is 12.3 Å². The van der Waals surface area contributed by atoms with Crippen LogP contribution in [0.4, 0.5) is 10.1 Å². The summed E-state index contributed by atoms with van der Waals surface area (Å²) in [6.45, 7) is 2.96. The zero-order valence-corrected chi connectivity index (χ0v) is 10.7. The van der Waals surface area contributed by atoms with Gasteiger partial charge < -0.3 is 15.2 Å². The van der Waals surface area contributed by atoms with Gasteiger partial charge in [0.05, 0.1) is 12.3 Å². The molecule has 0 fully saturated rings. The molecule has 0 spiro atoms. The average Bonchev–Trinajstić information content (AvgIpc) is 2.40. The van der Waals surface area contributed by atoms with Gasteiger partial charge in [0, 0.05) is 6.07 Å². The number of nitrogens with two attached hydrogens (primary N) is 1. The summed E-state index contributed by atoms with van der Waals surface area (Å²) in [6.07, 6.45) is 0. The van der Waals surface area contributed by atoms with Gasteiger partial charge in [0.1, 0.15) is 23.9 Å². The molecule has 4 heteroatoms. The standard InChI is InChI=1S/C15H16FNO2/c1-2-18-13-6-3-11(4-7-13)10-19-15-8-5-12(16)9-14(15)17/h3-9H,2,10,17H2,1H3. The van der Waals surface area contributed by atoms with E-state index in [9.17, 15) is 4.39 Å². The zero-order chi connectivity index (χ0) is 13.7. The summed E-state index contributed by atoms with van der Waals surface area (Å²) in [6, 6.07) is 11.7. The van der Waals surface area contributed by atoms with Crippen LogP contribution in [0.15, 0.2) is 42.5 Å². The SMILES string of the molecule is CCOc1ccc(COc2ccc(F)cc2N)cc1. The van der Waals surface area contributed by atoms with E-state index in [0.717, 1.165) is 11.3 Å². The molecule has 0 aliphatic heterocycles. The number of hydrogen-bond donors (Lipinski definition) is 1. The van der Waals surface area contributed by atoms with Crippen molar-refractivity contribution in [1.82, 2.24) is 0 Å². The van der Waals surface area contributed by atoms with Crippen molar-refractivity contribution >= 4 is 5.69 Å². The summed E-state index contributed by atoms with van der Waals surface area (Å²) in [5, 5.41) is 0. The first-order valence-electron chi connectivity index (χ1n) is 6.08. The van der Waals surface area contributed by atoms with E-state index in [0.29, 0.717) is 24.7 Å². The van der Waals surface area contributed by atoms with E-state index in [1.807, 2.05) is 31.2 Å². The largest absolute Gasteiger partial charge is 0.494 e. The van der Waals surface area contributed by atoms with E-state index in [1.54, 1.807) is 0 Å². The average molecular weight is 261 g/mol. The molecule has 0 radical (unpaired) electrons. The molecule has 0 aliphatic rings. The summed E-state index contributed by atoms with van der Waals surface area (Å²) in [4.78, 5) is 0. The Morgan fingerprint density at radius 3 is 2.42 bits per heavy atom. The van der Waals surface area contributed by atoms with Crippen molar-refractivity contribution in [3.05, 3.63) is 53.8 Å². The van der Waals surface area contributed by atoms with Gasteiger partial charge in [-0.25, -0.2) is 4.39 Å². The molecule has 2 aromatic carbocycles. The Morgan fingerprint density at radius 1 is 1.05 bits per heavy atom. The smallest absolute Gasteiger partial charge is 0.142 e. The van der Waals surface area contributed by atoms with Gasteiger partial charge in [-0.1, -0.05) is 12.1 Å². The van der Waals surface area contributed by atoms with Crippen LogP contribution in [-0.2, 0) is 6.61 Å². The Kier molecular flexibility index (Phi) is 4.23. The summed E-state index contributed by atoms with van der Waals surface area (Å²) in [5.74, 6) is 0.939. The third kappa shape index (κ3) is 3.61. The van der Waals surface area contributed by atoms with Crippen LogP contribution in [0.5, 0.6) is 11.5 Å². The Balaban J connectivity index is 1.98. The molecule has 100 valence electrons. The van der Waals surface area contributed by atoms with Crippen molar-refractivity contribution in [2.24, 2.45) is 0 Å². The van der Waals surface area contributed by atoms with Crippen LogP contribution in [-0.4, -0.2) is 6.61 Å². The minimum Gasteiger partial charge on any atom is -0.494 e. The van der Waals surface area contributed by atoms with Crippen LogP contribution in [0.1, 0.15) is 12.5 Å². The highest BCUT2D eigenvalue weighted by Crippen LogP contribution is 2.23. The van der Waals surface area contributed by atoms with Gasteiger partial charge in [0.2, 0.25) is 0 Å². The third-order valence-corrected chi connectivity index (χ3v) is 2.60. The van der Waals surface area contributed by atoms with Gasteiger partial charge >= 0.3 is 0 Å². The van der Waals surface area contributed by atoms with Crippen molar-refractivity contribution in [3.8, 4) is 11.5 Å². The topological polar surface area (TPSA) is 44.5 Å². The maximum Gasteiger partial charge on any atom is 0.142 e. The fourth-order valence-corrected chi connectivity index (χ4v) is 1.66. The van der Waals surface area contributed by atoms with Crippen molar-refractivity contribution in [2.45, 2.75) is 13.5 Å². The number of ether oxygens (including phenoxy) is 2. The lowest BCUT2D eigenvalue weighted by Crippen LogP contribution is -1.99. The minimum absolute atomic E-state index is 0.297. The molecular weight excluding hydrogens is 245 g/mol. The van der Waals surface area contributed by atoms with E-state index >= 15 is 0 Å². The summed E-state index contributed by atoms with van der Waals surface area (Å²) >= 11 is 0. The molecule has 3 nitrogen and oxygen atoms in total. The highest BCUT2D eigenvalue weighted by molar-refractivity contribution is 5.52. The summed E-state index contributed by atoms with van der Waals surface area (Å²) in [7, 11) is 0. The minimum atomic E-state index is -0.370. The lowest BCUT2D eigenvalue weighted by molar-refractivity contribution is 0.306. The maximum absolute atomic E-state index is 12.9. The second-order valence-electron chi connectivity index (χ2n) is 4.05. The maximum atomic E-state index is 12.9. The number of hydrogen-bond acceptors (Lipinski definition) is 3. The first-order chi connectivity index (χ1) is 9.19. The van der Waals surface area contributed by atoms with Gasteiger partial charge in [-0.3, -0.25) is 0 Å². The van der Waals surface area contributed by atoms with Crippen molar-refractivity contribution in [1.29, 1.82) is 0 Å². The second kappa shape index (κ2) is 6.09. The van der Waals surface area contributed by atoms with Crippen LogP contribution in [0, 0.1) is 5.82 Å². The third-order valence-electron chi connectivity index (χ3n) is 2.60. The highest BCUT2D eigenvalue weighted by atomic mass is 19.1. The Labute approximate surface area is 111 Å². The molecule has 0 atom stereocenters. The molecular formula is C15H16FNO2. The first-order valence-corrected chi connectivity index (χ1v) is 6.08. The fraction of sp³-hybridized carbons (Fsp3) is 0.200. The molecule has 2 aromatic rings. The van der Waals surface area contributed by atoms with Crippen molar-refractivity contribution in [3.63, 3.8) is 0 Å². The highest BCUT2D eigenvalue weighted by Gasteiger charge is 2.02. The molecule has 2 rings (SSSR count). The molecule has 0 bridgehead atoms. The van der Waals surface area contributed by atoms with Gasteiger partial charge in [0.15, 0.2) is 0 Å². The molecule has 0 saturated carbocycles. The Bertz CT molecular complexity index is 540. The molecule has 0 heterocycles. The van der Waals surface area contributed by atoms with Crippen LogP contribution >= 0.6 is 0 Å². The second-order valence-corrected chi connectivity index (χ2v) is 4.05. The molecule has 0 aromatic heterocycles. The normalized spacial score (nSPS) is 10.2. The van der Waals surface area contributed by atoms with Crippen molar-refractivity contribution < 1.29 is 13.9 Å². The van der Waals surface area contributed by atoms with E-state index in [-0.39, 0.29) is 5.82 Å². The summed E-state index contributed by atoms with van der Waals surface area (Å²) < 4.78 is 23.8. The number of rotatable bonds is 5. The first kappa shape index (κ1) is 13.2. The predicted molar refractivity (Wildman–Crippen MR) is 72.8 cm³/mol. The van der Waals surface area contributed by atoms with E-state index < -0.39 is 0 Å². The monoisotopic (exact) mass is 261 g/mol. The van der Waals surface area contributed by atoms with Gasteiger partial charge in [-0.05, 0) is 36.8 Å². The summed E-state index contributed by atoms with van der Waals surface area (Å²) in [5.41, 5.74) is 6.95. The van der Waals surface area contributed by atoms with Crippen LogP contribution in [0.3, 0.4) is 0 Å². The Morgan fingerprint density at radius 2 is 1.79 bits per heavy atom. The molecule has 0 amide bonds. The van der Waals surface area contributed by atoms with Gasteiger partial charge in [0.25, 0.3) is 0 Å². The van der Waals surface area contributed by atoms with Crippen LogP contribution in [0.2, 0.25) is 0 Å². The molecule has 0 unspecified atom stereocenters. The van der Waals surface area contributed by atoms with E-state index in [2.05, 4.69) is 0 Å². The Hall–Kier alpha value is -2.23. The number of halogens is 1. The van der Waals surface area contributed by atoms with Crippen LogP contribution in [0.25, 0.3) is 0 Å². The van der Waals surface area contributed by atoms with E-state index in [1.165, 1.54) is 18.2 Å². The fourth-order valence-electron chi connectivity index (χ4n) is 1.66. The molecule has 19 heavy (non-hydrogen) atoms. The lowest BCUT2D eigenvalue weighted by atomic mass is 10.2. The quantitative estimate of drug-likeness (QED) is 0.839. The van der Waals surface area contributed by atoms with E-state index in [4.69, 9.17) is 15.2 Å². The lowest BCUT2D eigenvalue weighted by Gasteiger charge is -2.09. The number of anilines is 1. The molecule has 0 saturated heterocycles. The zero-order valence-electron chi connectivity index (χ0n) is 10.7. The van der Waals surface area contributed by atoms with Crippen LogP contribution < -0.4 is 15.2 Å². The predicted octanol–water partition coefficient (Wildman–Crippen LogP) is 3.39. The number of benzene rings is 2. The van der Waals surface area contributed by atoms with Gasteiger partial charge in [-0.15, -0.1) is 0 Å².